The fraction of sp³-hybridized carbons (Fsp3) is 0.400. The van der Waals surface area contributed by atoms with Crippen LogP contribution in [0, 0.1) is 17.6 Å². The van der Waals surface area contributed by atoms with Gasteiger partial charge in [-0.2, -0.15) is 0 Å². The number of hydrogen-bond acceptors (Lipinski definition) is 1. The van der Waals surface area contributed by atoms with Crippen LogP contribution in [0.15, 0.2) is 18.2 Å². The normalized spacial score (nSPS) is 12.4. The molecule has 4 heteroatoms. The molecule has 0 amide bonds. The van der Waals surface area contributed by atoms with E-state index in [1.54, 1.807) is 0 Å². The molecule has 0 fully saturated rings. The van der Waals surface area contributed by atoms with Gasteiger partial charge in [0.05, 0.1) is 0 Å². The van der Waals surface area contributed by atoms with Crippen LogP contribution in [-0.2, 0) is 0 Å². The van der Waals surface area contributed by atoms with Crippen molar-refractivity contribution >= 4 is 12.4 Å². The Kier molecular flexibility index (Phi) is 5.02. The Morgan fingerprint density at radius 2 is 1.79 bits per heavy atom. The van der Waals surface area contributed by atoms with Crippen molar-refractivity contribution in [3.05, 3.63) is 35.4 Å². The van der Waals surface area contributed by atoms with Gasteiger partial charge >= 0.3 is 0 Å². The summed E-state index contributed by atoms with van der Waals surface area (Å²) in [6.07, 6.45) is 0. The highest BCUT2D eigenvalue weighted by molar-refractivity contribution is 5.85. The summed E-state index contributed by atoms with van der Waals surface area (Å²) >= 11 is 0. The predicted molar refractivity (Wildman–Crippen MR) is 55.4 cm³/mol. The molecule has 2 N–H and O–H groups in total. The largest absolute Gasteiger partial charge is 0.324 e. The first-order valence-electron chi connectivity index (χ1n) is 4.23. The maximum Gasteiger partial charge on any atom is 0.130 e. The van der Waals surface area contributed by atoms with Crippen molar-refractivity contribution in [1.29, 1.82) is 0 Å². The minimum Gasteiger partial charge on any atom is -0.324 e. The Balaban J connectivity index is 0.00000169. The van der Waals surface area contributed by atoms with E-state index in [2.05, 4.69) is 0 Å². The molecule has 80 valence electrons. The van der Waals surface area contributed by atoms with E-state index in [4.69, 9.17) is 5.73 Å². The monoisotopic (exact) mass is 221 g/mol. The standard InChI is InChI=1S/C10H13F2N.ClH/c1-6(2)10(13)8-4-3-7(11)5-9(8)12;/h3-6,10H,13H2,1-2H3;1H. The zero-order valence-corrected chi connectivity index (χ0v) is 8.94. The van der Waals surface area contributed by atoms with Crippen molar-refractivity contribution in [2.75, 3.05) is 0 Å². The van der Waals surface area contributed by atoms with Crippen molar-refractivity contribution < 1.29 is 8.78 Å². The van der Waals surface area contributed by atoms with Gasteiger partial charge in [0.2, 0.25) is 0 Å². The van der Waals surface area contributed by atoms with E-state index in [9.17, 15) is 8.78 Å². The number of benzene rings is 1. The van der Waals surface area contributed by atoms with Crippen LogP contribution < -0.4 is 5.73 Å². The van der Waals surface area contributed by atoms with Gasteiger partial charge in [-0.15, -0.1) is 12.4 Å². The summed E-state index contributed by atoms with van der Waals surface area (Å²) < 4.78 is 25.7. The summed E-state index contributed by atoms with van der Waals surface area (Å²) in [7, 11) is 0. The van der Waals surface area contributed by atoms with Crippen LogP contribution in [-0.4, -0.2) is 0 Å². The summed E-state index contributed by atoms with van der Waals surface area (Å²) in [6, 6.07) is 3.11. The van der Waals surface area contributed by atoms with Gasteiger partial charge in [-0.05, 0) is 12.0 Å². The minimum absolute atomic E-state index is 0. The molecule has 14 heavy (non-hydrogen) atoms. The molecule has 0 saturated carbocycles. The van der Waals surface area contributed by atoms with E-state index in [1.807, 2.05) is 13.8 Å². The number of hydrogen-bond donors (Lipinski definition) is 1. The van der Waals surface area contributed by atoms with Gasteiger partial charge in [0.25, 0.3) is 0 Å². The molecule has 1 aromatic carbocycles. The van der Waals surface area contributed by atoms with Crippen molar-refractivity contribution in [3.8, 4) is 0 Å². The lowest BCUT2D eigenvalue weighted by Gasteiger charge is -2.16. The average molecular weight is 222 g/mol. The summed E-state index contributed by atoms with van der Waals surface area (Å²) in [5.74, 6) is -1.00. The third-order valence-corrected chi connectivity index (χ3v) is 2.04. The third kappa shape index (κ3) is 2.93. The molecule has 0 bridgehead atoms. The lowest BCUT2D eigenvalue weighted by atomic mass is 9.97. The Morgan fingerprint density at radius 3 is 2.21 bits per heavy atom. The fourth-order valence-corrected chi connectivity index (χ4v) is 1.13. The molecule has 1 nitrogen and oxygen atoms in total. The molecule has 0 radical (unpaired) electrons. The smallest absolute Gasteiger partial charge is 0.130 e. The molecule has 0 aromatic heterocycles. The van der Waals surface area contributed by atoms with E-state index < -0.39 is 11.6 Å². The first-order chi connectivity index (χ1) is 6.02. The second kappa shape index (κ2) is 5.27. The fourth-order valence-electron chi connectivity index (χ4n) is 1.13. The van der Waals surface area contributed by atoms with Crippen molar-refractivity contribution in [2.45, 2.75) is 19.9 Å². The molecule has 0 aliphatic rings. The molecule has 0 saturated heterocycles. The molecule has 1 unspecified atom stereocenters. The Hall–Kier alpha value is -0.670. The van der Waals surface area contributed by atoms with E-state index in [0.29, 0.717) is 5.56 Å². The highest BCUT2D eigenvalue weighted by Gasteiger charge is 2.14. The van der Waals surface area contributed by atoms with Crippen LogP contribution in [0.4, 0.5) is 8.78 Å². The summed E-state index contributed by atoms with van der Waals surface area (Å²) in [5, 5.41) is 0. The predicted octanol–water partition coefficient (Wildman–Crippen LogP) is 3.04. The van der Waals surface area contributed by atoms with Gasteiger partial charge in [0.15, 0.2) is 0 Å². The first kappa shape index (κ1) is 13.3. The Labute approximate surface area is 88.7 Å². The molecular weight excluding hydrogens is 208 g/mol. The lowest BCUT2D eigenvalue weighted by molar-refractivity contribution is 0.480. The van der Waals surface area contributed by atoms with Gasteiger partial charge in [-0.25, -0.2) is 8.78 Å². The highest BCUT2D eigenvalue weighted by Crippen LogP contribution is 2.21. The second-order valence-electron chi connectivity index (χ2n) is 3.44. The lowest BCUT2D eigenvalue weighted by Crippen LogP contribution is -2.18. The third-order valence-electron chi connectivity index (χ3n) is 2.04. The average Bonchev–Trinajstić information content (AvgIpc) is 2.03. The van der Waals surface area contributed by atoms with Gasteiger partial charge in [0, 0.05) is 17.7 Å². The number of nitrogens with two attached hydrogens (primary N) is 1. The number of rotatable bonds is 2. The van der Waals surface area contributed by atoms with Crippen LogP contribution in [0.1, 0.15) is 25.5 Å². The second-order valence-corrected chi connectivity index (χ2v) is 3.44. The first-order valence-corrected chi connectivity index (χ1v) is 4.23. The van der Waals surface area contributed by atoms with Gasteiger partial charge in [0.1, 0.15) is 11.6 Å². The SMILES string of the molecule is CC(C)C(N)c1ccc(F)cc1F.Cl. The zero-order chi connectivity index (χ0) is 10.0. The van der Waals surface area contributed by atoms with E-state index >= 15 is 0 Å². The van der Waals surface area contributed by atoms with Gasteiger partial charge in [-0.1, -0.05) is 19.9 Å². The zero-order valence-electron chi connectivity index (χ0n) is 8.13. The molecule has 0 spiro atoms. The van der Waals surface area contributed by atoms with E-state index in [-0.39, 0.29) is 24.4 Å². The maximum atomic E-state index is 13.1. The summed E-state index contributed by atoms with van der Waals surface area (Å²) in [6.45, 7) is 3.79. The quantitative estimate of drug-likeness (QED) is 0.816. The van der Waals surface area contributed by atoms with Gasteiger partial charge < -0.3 is 5.73 Å². The minimum atomic E-state index is -0.572. The molecule has 0 aliphatic carbocycles. The Bertz CT molecular complexity index is 302. The van der Waals surface area contributed by atoms with Crippen molar-refractivity contribution in [1.82, 2.24) is 0 Å². The van der Waals surface area contributed by atoms with Gasteiger partial charge in [-0.3, -0.25) is 0 Å². The molecule has 1 rings (SSSR count). The number of halogens is 3. The van der Waals surface area contributed by atoms with Crippen LogP contribution in [0.5, 0.6) is 0 Å². The molecule has 1 aromatic rings. The Morgan fingerprint density at radius 1 is 1.21 bits per heavy atom. The summed E-state index contributed by atoms with van der Waals surface area (Å²) in [5.41, 5.74) is 6.10. The topological polar surface area (TPSA) is 26.0 Å². The van der Waals surface area contributed by atoms with E-state index in [0.717, 1.165) is 6.07 Å². The van der Waals surface area contributed by atoms with Crippen LogP contribution in [0.2, 0.25) is 0 Å². The molecule has 0 heterocycles. The van der Waals surface area contributed by atoms with Crippen molar-refractivity contribution in [3.63, 3.8) is 0 Å². The molecular formula is C10H14ClF2N. The van der Waals surface area contributed by atoms with E-state index in [1.165, 1.54) is 12.1 Å². The highest BCUT2D eigenvalue weighted by atomic mass is 35.5. The van der Waals surface area contributed by atoms with Crippen LogP contribution >= 0.6 is 12.4 Å². The van der Waals surface area contributed by atoms with Crippen LogP contribution in [0.3, 0.4) is 0 Å². The molecule has 0 aliphatic heterocycles. The van der Waals surface area contributed by atoms with Crippen LogP contribution in [0.25, 0.3) is 0 Å². The molecule has 1 atom stereocenters. The summed E-state index contributed by atoms with van der Waals surface area (Å²) in [4.78, 5) is 0. The maximum absolute atomic E-state index is 13.1. The van der Waals surface area contributed by atoms with Crippen molar-refractivity contribution in [2.24, 2.45) is 11.7 Å².